The summed E-state index contributed by atoms with van der Waals surface area (Å²) in [7, 11) is 0. The molecule has 4 aliphatic heterocycles. The molecule has 0 spiro atoms. The average molecular weight is 723 g/mol. The maximum Gasteiger partial charge on any atom is 0.338 e. The van der Waals surface area contributed by atoms with Crippen LogP contribution in [0.4, 0.5) is 0 Å². The van der Waals surface area contributed by atoms with Crippen LogP contribution in [0.5, 0.6) is 0 Å². The molecule has 4 saturated heterocycles. The lowest BCUT2D eigenvalue weighted by molar-refractivity contribution is -0.317. The zero-order chi connectivity index (χ0) is 36.3. The highest BCUT2D eigenvalue weighted by molar-refractivity contribution is 5.91. The minimum absolute atomic E-state index is 0.175. The Bertz CT molecular complexity index is 1910. The van der Waals surface area contributed by atoms with E-state index in [9.17, 15) is 19.2 Å². The molecular formula is C40H34O13. The van der Waals surface area contributed by atoms with Gasteiger partial charge in [-0.25, -0.2) is 19.2 Å². The van der Waals surface area contributed by atoms with Crippen molar-refractivity contribution < 1.29 is 61.8 Å². The molecule has 8 rings (SSSR count). The molecule has 4 aliphatic rings. The summed E-state index contributed by atoms with van der Waals surface area (Å²) in [6, 6.07) is 32.8. The monoisotopic (exact) mass is 722 g/mol. The molecule has 0 unspecified atom stereocenters. The highest BCUT2D eigenvalue weighted by Crippen LogP contribution is 2.44. The van der Waals surface area contributed by atoms with Gasteiger partial charge in [0, 0.05) is 0 Å². The van der Waals surface area contributed by atoms with Crippen LogP contribution in [0, 0.1) is 0 Å². The molecule has 4 heterocycles. The normalized spacial score (nSPS) is 29.6. The van der Waals surface area contributed by atoms with Crippen molar-refractivity contribution in [2.45, 2.75) is 61.4 Å². The first-order valence-corrected chi connectivity index (χ1v) is 17.2. The van der Waals surface area contributed by atoms with E-state index in [1.165, 1.54) is 0 Å². The smallest absolute Gasteiger partial charge is 0.338 e. The molecule has 0 radical (unpaired) electrons. The van der Waals surface area contributed by atoms with E-state index >= 15 is 0 Å². The third kappa shape index (κ3) is 7.56. The molecule has 53 heavy (non-hydrogen) atoms. The van der Waals surface area contributed by atoms with Crippen LogP contribution in [-0.4, -0.2) is 98.5 Å². The summed E-state index contributed by atoms with van der Waals surface area (Å²) in [6.45, 7) is -0.258. The van der Waals surface area contributed by atoms with E-state index in [2.05, 4.69) is 0 Å². The maximum atomic E-state index is 13.8. The van der Waals surface area contributed by atoms with Gasteiger partial charge in [0.25, 0.3) is 0 Å². The second-order valence-corrected chi connectivity index (χ2v) is 12.8. The first-order valence-electron chi connectivity index (χ1n) is 17.2. The number of benzene rings is 4. The number of carbonyl (C=O) groups is 4. The molecule has 2 bridgehead atoms. The average Bonchev–Trinajstić information content (AvgIpc) is 3.90. The molecule has 13 heteroatoms. The SMILES string of the molecule is O=C(OC[C@H]1O[C@@H](O[C@H]2[C@@H]3O[C@@H]3[C@@H]3OC[C@H]2O3)[C@H](OC(=O)c2ccccc2)[C@@H](OC(=O)c2ccccc2)[C@@H]1OC(=O)c1ccccc1)c1ccccc1. The molecule has 0 aromatic heterocycles. The van der Waals surface area contributed by atoms with Gasteiger partial charge in [0.15, 0.2) is 30.9 Å². The second-order valence-electron chi connectivity index (χ2n) is 12.8. The van der Waals surface area contributed by atoms with Gasteiger partial charge < -0.3 is 42.6 Å². The van der Waals surface area contributed by atoms with Gasteiger partial charge in [0.2, 0.25) is 0 Å². The summed E-state index contributed by atoms with van der Waals surface area (Å²) in [5, 5.41) is 0. The maximum absolute atomic E-state index is 13.8. The van der Waals surface area contributed by atoms with Gasteiger partial charge in [-0.15, -0.1) is 0 Å². The van der Waals surface area contributed by atoms with E-state index in [4.69, 9.17) is 42.6 Å². The topological polar surface area (TPSA) is 155 Å². The Morgan fingerprint density at radius 1 is 0.509 bits per heavy atom. The van der Waals surface area contributed by atoms with Crippen molar-refractivity contribution in [1.82, 2.24) is 0 Å². The van der Waals surface area contributed by atoms with Gasteiger partial charge in [-0.1, -0.05) is 72.8 Å². The highest BCUT2D eigenvalue weighted by atomic mass is 16.8. The van der Waals surface area contributed by atoms with Crippen LogP contribution < -0.4 is 0 Å². The fourth-order valence-corrected chi connectivity index (χ4v) is 6.57. The standard InChI is InChI=1S/C40H34O13/c41-35(23-13-5-1-6-14-23)45-21-27-29(50-36(42)24-15-7-2-8-16-24)32(51-37(43)25-17-9-3-10-18-25)34(52-38(44)26-19-11-4-12-20-26)40(48-27)53-30-28-22-46-39(47-28)33-31(30)49-33/h1-20,27-34,39-40H,21-22H2/t27-,28-,29-,30-,31+,32+,33+,34-,39-,40+/m1/s1. The van der Waals surface area contributed by atoms with Crippen LogP contribution in [0.3, 0.4) is 0 Å². The molecule has 4 fully saturated rings. The number of hydrogen-bond acceptors (Lipinski definition) is 13. The summed E-state index contributed by atoms with van der Waals surface area (Å²) in [6.07, 6.45) is -9.95. The van der Waals surface area contributed by atoms with E-state index in [1.54, 1.807) is 121 Å². The van der Waals surface area contributed by atoms with Crippen molar-refractivity contribution in [2.24, 2.45) is 0 Å². The van der Waals surface area contributed by atoms with Crippen LogP contribution in [0.2, 0.25) is 0 Å². The Kier molecular flexibility index (Phi) is 9.98. The summed E-state index contributed by atoms with van der Waals surface area (Å²) < 4.78 is 54.5. The number of hydrogen-bond donors (Lipinski definition) is 0. The number of rotatable bonds is 11. The number of carbonyl (C=O) groups excluding carboxylic acids is 4. The van der Waals surface area contributed by atoms with Gasteiger partial charge in [0.05, 0.1) is 28.9 Å². The minimum Gasteiger partial charge on any atom is -0.459 e. The van der Waals surface area contributed by atoms with Gasteiger partial charge in [-0.05, 0) is 48.5 Å². The van der Waals surface area contributed by atoms with Crippen molar-refractivity contribution in [3.05, 3.63) is 144 Å². The minimum atomic E-state index is -1.55. The molecule has 272 valence electrons. The van der Waals surface area contributed by atoms with Gasteiger partial charge >= 0.3 is 23.9 Å². The van der Waals surface area contributed by atoms with Crippen LogP contribution in [0.15, 0.2) is 121 Å². The fraction of sp³-hybridized carbons (Fsp3) is 0.300. The summed E-state index contributed by atoms with van der Waals surface area (Å²) >= 11 is 0. The van der Waals surface area contributed by atoms with Crippen LogP contribution in [-0.2, 0) is 42.6 Å². The molecule has 10 atom stereocenters. The van der Waals surface area contributed by atoms with Crippen molar-refractivity contribution in [3.8, 4) is 0 Å². The Labute approximate surface area is 303 Å². The lowest BCUT2D eigenvalue weighted by Gasteiger charge is -2.45. The van der Waals surface area contributed by atoms with E-state index in [1.807, 2.05) is 0 Å². The first-order chi connectivity index (χ1) is 25.9. The van der Waals surface area contributed by atoms with Crippen LogP contribution in [0.25, 0.3) is 0 Å². The third-order valence-electron chi connectivity index (χ3n) is 9.28. The molecule has 0 amide bonds. The number of fused-ring (bicyclic) bond motifs is 4. The predicted molar refractivity (Wildman–Crippen MR) is 180 cm³/mol. The lowest BCUT2D eigenvalue weighted by Crippen LogP contribution is -2.64. The predicted octanol–water partition coefficient (Wildman–Crippen LogP) is 4.15. The Morgan fingerprint density at radius 2 is 0.981 bits per heavy atom. The lowest BCUT2D eigenvalue weighted by atomic mass is 9.97. The Morgan fingerprint density at radius 3 is 1.51 bits per heavy atom. The third-order valence-corrected chi connectivity index (χ3v) is 9.28. The zero-order valence-electron chi connectivity index (χ0n) is 28.0. The van der Waals surface area contributed by atoms with Crippen molar-refractivity contribution >= 4 is 23.9 Å². The number of epoxide rings is 1. The Balaban J connectivity index is 1.17. The van der Waals surface area contributed by atoms with Crippen LogP contribution in [0.1, 0.15) is 41.4 Å². The van der Waals surface area contributed by atoms with E-state index in [0.717, 1.165) is 0 Å². The van der Waals surface area contributed by atoms with Gasteiger partial charge in [-0.3, -0.25) is 0 Å². The highest BCUT2D eigenvalue weighted by Gasteiger charge is 2.64. The number of ether oxygens (including phenoxy) is 9. The molecule has 0 saturated carbocycles. The van der Waals surface area contributed by atoms with E-state index < -0.39 is 85.8 Å². The molecule has 4 aromatic carbocycles. The van der Waals surface area contributed by atoms with Crippen molar-refractivity contribution in [1.29, 1.82) is 0 Å². The summed E-state index contributed by atoms with van der Waals surface area (Å²) in [4.78, 5) is 54.4. The largest absolute Gasteiger partial charge is 0.459 e. The molecular weight excluding hydrogens is 688 g/mol. The summed E-state index contributed by atoms with van der Waals surface area (Å²) in [5.74, 6) is -3.08. The second kappa shape index (κ2) is 15.3. The van der Waals surface area contributed by atoms with Gasteiger partial charge in [-0.2, -0.15) is 0 Å². The summed E-state index contributed by atoms with van der Waals surface area (Å²) in [5.41, 5.74) is 0.815. The van der Waals surface area contributed by atoms with Gasteiger partial charge in [0.1, 0.15) is 37.1 Å². The number of esters is 4. The van der Waals surface area contributed by atoms with Crippen molar-refractivity contribution in [3.63, 3.8) is 0 Å². The fourth-order valence-electron chi connectivity index (χ4n) is 6.57. The molecule has 0 aliphatic carbocycles. The molecule has 0 N–H and O–H groups in total. The zero-order valence-corrected chi connectivity index (χ0v) is 28.0. The van der Waals surface area contributed by atoms with E-state index in [-0.39, 0.29) is 35.0 Å². The first kappa shape index (κ1) is 34.6. The quantitative estimate of drug-likeness (QED) is 0.124. The molecule has 4 aromatic rings. The van der Waals surface area contributed by atoms with Crippen LogP contribution >= 0.6 is 0 Å². The van der Waals surface area contributed by atoms with E-state index in [0.29, 0.717) is 0 Å². The van der Waals surface area contributed by atoms with Crippen molar-refractivity contribution in [2.75, 3.05) is 13.2 Å². The Hall–Kier alpha value is -5.44. The molecule has 13 nitrogen and oxygen atoms in total.